The van der Waals surface area contributed by atoms with E-state index in [0.717, 1.165) is 18.4 Å². The van der Waals surface area contributed by atoms with Crippen LogP contribution in [0, 0.1) is 11.8 Å². The average Bonchev–Trinajstić information content (AvgIpc) is 2.17. The second-order valence-electron chi connectivity index (χ2n) is 5.97. The Hall–Kier alpha value is -0.0800. The Morgan fingerprint density at radius 2 is 1.94 bits per heavy atom. The average molecular weight is 226 g/mol. The molecule has 2 nitrogen and oxygen atoms in total. The molecule has 0 aromatic heterocycles. The summed E-state index contributed by atoms with van der Waals surface area (Å²) in [5.74, 6) is 1.72. The highest BCUT2D eigenvalue weighted by Gasteiger charge is 2.46. The van der Waals surface area contributed by atoms with Crippen molar-refractivity contribution in [3.05, 3.63) is 0 Å². The largest absolute Gasteiger partial charge is 0.329 e. The highest BCUT2D eigenvalue weighted by Crippen LogP contribution is 2.44. The van der Waals surface area contributed by atoms with Crippen LogP contribution in [-0.4, -0.2) is 30.6 Å². The summed E-state index contributed by atoms with van der Waals surface area (Å²) >= 11 is 0. The second-order valence-corrected chi connectivity index (χ2v) is 5.97. The first-order valence-electron chi connectivity index (χ1n) is 6.97. The number of rotatable bonds is 7. The van der Waals surface area contributed by atoms with E-state index in [4.69, 9.17) is 5.73 Å². The van der Waals surface area contributed by atoms with Crippen LogP contribution in [0.5, 0.6) is 0 Å². The van der Waals surface area contributed by atoms with Crippen LogP contribution < -0.4 is 5.73 Å². The second kappa shape index (κ2) is 6.02. The van der Waals surface area contributed by atoms with Crippen LogP contribution in [0.15, 0.2) is 0 Å². The summed E-state index contributed by atoms with van der Waals surface area (Å²) in [6.45, 7) is 8.98. The Balaban J connectivity index is 2.37. The zero-order chi connectivity index (χ0) is 12.2. The number of hydrogen-bond donors (Lipinski definition) is 1. The van der Waals surface area contributed by atoms with Crippen molar-refractivity contribution in [2.45, 2.75) is 58.4 Å². The zero-order valence-electron chi connectivity index (χ0n) is 11.6. The van der Waals surface area contributed by atoms with Crippen LogP contribution in [0.4, 0.5) is 0 Å². The van der Waals surface area contributed by atoms with Crippen molar-refractivity contribution in [3.8, 4) is 0 Å². The van der Waals surface area contributed by atoms with E-state index >= 15 is 0 Å². The molecule has 1 fully saturated rings. The number of likely N-dealkylation sites (N-methyl/N-ethyl adjacent to an activating group) is 1. The summed E-state index contributed by atoms with van der Waals surface area (Å²) in [7, 11) is 2.26. The molecule has 0 aromatic rings. The Kier molecular flexibility index (Phi) is 5.26. The van der Waals surface area contributed by atoms with Crippen molar-refractivity contribution in [1.82, 2.24) is 4.90 Å². The molecule has 2 N–H and O–H groups in total. The molecule has 96 valence electrons. The molecule has 0 atom stereocenters. The lowest BCUT2D eigenvalue weighted by atomic mass is 9.63. The molecule has 0 heterocycles. The fourth-order valence-corrected chi connectivity index (χ4v) is 2.86. The summed E-state index contributed by atoms with van der Waals surface area (Å²) in [6.07, 6.45) is 6.59. The summed E-state index contributed by atoms with van der Waals surface area (Å²) in [5, 5.41) is 0. The minimum Gasteiger partial charge on any atom is -0.329 e. The maximum Gasteiger partial charge on any atom is 0.0334 e. The van der Waals surface area contributed by atoms with Crippen LogP contribution in [0.1, 0.15) is 52.9 Å². The van der Waals surface area contributed by atoms with E-state index in [1.54, 1.807) is 0 Å². The van der Waals surface area contributed by atoms with Gasteiger partial charge in [-0.2, -0.15) is 0 Å². The molecule has 1 aliphatic rings. The molecule has 1 saturated carbocycles. The van der Waals surface area contributed by atoms with Crippen molar-refractivity contribution in [2.24, 2.45) is 17.6 Å². The Morgan fingerprint density at radius 3 is 2.38 bits per heavy atom. The highest BCUT2D eigenvalue weighted by molar-refractivity contribution is 5.03. The third-order valence-electron chi connectivity index (χ3n) is 4.51. The molecule has 16 heavy (non-hydrogen) atoms. The van der Waals surface area contributed by atoms with Gasteiger partial charge in [-0.05, 0) is 44.7 Å². The number of hydrogen-bond acceptors (Lipinski definition) is 2. The van der Waals surface area contributed by atoms with Gasteiger partial charge in [-0.1, -0.05) is 33.6 Å². The lowest BCUT2D eigenvalue weighted by Crippen LogP contribution is -2.61. The minimum atomic E-state index is 0.336. The Morgan fingerprint density at radius 1 is 1.31 bits per heavy atom. The first-order chi connectivity index (χ1) is 7.55. The quantitative estimate of drug-likeness (QED) is 0.676. The first kappa shape index (κ1) is 14.0. The molecule has 1 rings (SSSR count). The number of nitrogens with zero attached hydrogens (tertiary/aromatic N) is 1. The number of unbranched alkanes of at least 4 members (excludes halogenated alkanes) is 2. The third kappa shape index (κ3) is 2.98. The van der Waals surface area contributed by atoms with E-state index in [1.807, 2.05) is 0 Å². The van der Waals surface area contributed by atoms with E-state index in [2.05, 4.69) is 32.7 Å². The van der Waals surface area contributed by atoms with Gasteiger partial charge in [0.25, 0.3) is 0 Å². The van der Waals surface area contributed by atoms with Gasteiger partial charge in [0.15, 0.2) is 0 Å². The van der Waals surface area contributed by atoms with Crippen LogP contribution >= 0.6 is 0 Å². The van der Waals surface area contributed by atoms with Crippen molar-refractivity contribution >= 4 is 0 Å². The van der Waals surface area contributed by atoms with Gasteiger partial charge in [-0.3, -0.25) is 4.90 Å². The SMILES string of the molecule is CCCCCN(C)C1(CN)CC(C(C)C)C1. The fraction of sp³-hybridized carbons (Fsp3) is 1.00. The molecule has 0 saturated heterocycles. The maximum atomic E-state index is 5.99. The van der Waals surface area contributed by atoms with Crippen LogP contribution in [-0.2, 0) is 0 Å². The Labute approximate surface area is 102 Å². The van der Waals surface area contributed by atoms with E-state index in [1.165, 1.54) is 38.6 Å². The standard InChI is InChI=1S/C14H30N2/c1-5-6-7-8-16(4)14(11-15)9-13(10-14)12(2)3/h12-13H,5-11,15H2,1-4H3. The number of nitrogens with two attached hydrogens (primary N) is 1. The third-order valence-corrected chi connectivity index (χ3v) is 4.51. The van der Waals surface area contributed by atoms with E-state index in [-0.39, 0.29) is 0 Å². The lowest BCUT2D eigenvalue weighted by molar-refractivity contribution is -0.0202. The first-order valence-corrected chi connectivity index (χ1v) is 6.97. The van der Waals surface area contributed by atoms with E-state index < -0.39 is 0 Å². The molecule has 1 aliphatic carbocycles. The van der Waals surface area contributed by atoms with Gasteiger partial charge in [0.1, 0.15) is 0 Å². The van der Waals surface area contributed by atoms with Crippen LogP contribution in [0.2, 0.25) is 0 Å². The molecule has 0 bridgehead atoms. The summed E-state index contributed by atoms with van der Waals surface area (Å²) < 4.78 is 0. The molecule has 0 spiro atoms. The molecular formula is C14H30N2. The molecule has 0 aliphatic heterocycles. The zero-order valence-corrected chi connectivity index (χ0v) is 11.6. The van der Waals surface area contributed by atoms with Gasteiger partial charge < -0.3 is 5.73 Å². The highest BCUT2D eigenvalue weighted by atomic mass is 15.2. The molecule has 0 aromatic carbocycles. The maximum absolute atomic E-state index is 5.99. The van der Waals surface area contributed by atoms with E-state index in [9.17, 15) is 0 Å². The van der Waals surface area contributed by atoms with E-state index in [0.29, 0.717) is 5.54 Å². The smallest absolute Gasteiger partial charge is 0.0334 e. The van der Waals surface area contributed by atoms with Crippen molar-refractivity contribution in [3.63, 3.8) is 0 Å². The van der Waals surface area contributed by atoms with Gasteiger partial charge >= 0.3 is 0 Å². The van der Waals surface area contributed by atoms with Gasteiger partial charge in [0, 0.05) is 12.1 Å². The lowest BCUT2D eigenvalue weighted by Gasteiger charge is -2.54. The monoisotopic (exact) mass is 226 g/mol. The minimum absolute atomic E-state index is 0.336. The van der Waals surface area contributed by atoms with Crippen molar-refractivity contribution in [2.75, 3.05) is 20.1 Å². The fourth-order valence-electron chi connectivity index (χ4n) is 2.86. The molecule has 0 radical (unpaired) electrons. The van der Waals surface area contributed by atoms with Gasteiger partial charge in [0.05, 0.1) is 0 Å². The van der Waals surface area contributed by atoms with Gasteiger partial charge in [-0.25, -0.2) is 0 Å². The molecule has 2 heteroatoms. The normalized spacial score (nSPS) is 29.8. The van der Waals surface area contributed by atoms with Crippen LogP contribution in [0.25, 0.3) is 0 Å². The molecular weight excluding hydrogens is 196 g/mol. The van der Waals surface area contributed by atoms with Gasteiger partial charge in [-0.15, -0.1) is 0 Å². The van der Waals surface area contributed by atoms with Gasteiger partial charge in [0.2, 0.25) is 0 Å². The summed E-state index contributed by atoms with van der Waals surface area (Å²) in [4.78, 5) is 2.53. The van der Waals surface area contributed by atoms with Crippen molar-refractivity contribution in [1.29, 1.82) is 0 Å². The summed E-state index contributed by atoms with van der Waals surface area (Å²) in [5.41, 5.74) is 6.33. The molecule has 0 unspecified atom stereocenters. The Bertz CT molecular complexity index is 195. The predicted octanol–water partition coefficient (Wildman–Crippen LogP) is 2.87. The summed E-state index contributed by atoms with van der Waals surface area (Å²) in [6, 6.07) is 0. The topological polar surface area (TPSA) is 29.3 Å². The van der Waals surface area contributed by atoms with Crippen molar-refractivity contribution < 1.29 is 0 Å². The predicted molar refractivity (Wildman–Crippen MR) is 71.5 cm³/mol. The molecule has 0 amide bonds. The van der Waals surface area contributed by atoms with Crippen LogP contribution in [0.3, 0.4) is 0 Å².